The minimum atomic E-state index is 0.437. The largest absolute Gasteiger partial charge is 0.356 e. The number of anilines is 1. The first-order chi connectivity index (χ1) is 10.3. The number of unbranched alkanes of at least 4 members (excludes halogenated alkanes) is 6. The van der Waals surface area contributed by atoms with Crippen LogP contribution in [0.3, 0.4) is 0 Å². The summed E-state index contributed by atoms with van der Waals surface area (Å²) in [5, 5.41) is 0. The van der Waals surface area contributed by atoms with Gasteiger partial charge in [-0.2, -0.15) is 0 Å². The molecule has 0 amide bonds. The van der Waals surface area contributed by atoms with E-state index in [0.717, 1.165) is 0 Å². The van der Waals surface area contributed by atoms with Crippen molar-refractivity contribution in [1.29, 1.82) is 0 Å². The van der Waals surface area contributed by atoms with Gasteiger partial charge in [0.05, 0.1) is 0 Å². The molecule has 1 aromatic rings. The lowest BCUT2D eigenvalue weighted by Crippen LogP contribution is -2.36. The molecule has 0 aromatic heterocycles. The Morgan fingerprint density at radius 2 is 1.52 bits per heavy atom. The van der Waals surface area contributed by atoms with Crippen LogP contribution in [-0.2, 0) is 0 Å². The molecule has 0 saturated carbocycles. The molecule has 0 fully saturated rings. The summed E-state index contributed by atoms with van der Waals surface area (Å²) >= 11 is 0. The zero-order chi connectivity index (χ0) is 14.9. The summed E-state index contributed by atoms with van der Waals surface area (Å²) in [6, 6.07) is 10.6. The molecule has 2 rings (SSSR count). The van der Waals surface area contributed by atoms with Gasteiger partial charge in [-0.1, -0.05) is 63.6 Å². The standard InChI is InChI=1S/C19H30N2/c1-3-4-5-6-7-8-12-15-20-16-17-21(18(20)2)19-13-10-9-11-14-19/h9-11,13-14,16-18H,3-8,12,15H2,1-2H3. The van der Waals surface area contributed by atoms with Crippen LogP contribution >= 0.6 is 0 Å². The molecule has 2 heteroatoms. The SMILES string of the molecule is CCCCCCCCCN1C=CN(c2ccccc2)C1C. The molecular weight excluding hydrogens is 256 g/mol. The molecule has 1 aromatic carbocycles. The Hall–Kier alpha value is -1.44. The van der Waals surface area contributed by atoms with Crippen molar-refractivity contribution in [1.82, 2.24) is 4.90 Å². The fourth-order valence-electron chi connectivity index (χ4n) is 2.98. The Labute approximate surface area is 130 Å². The summed E-state index contributed by atoms with van der Waals surface area (Å²) in [5.41, 5.74) is 1.28. The average Bonchev–Trinajstić information content (AvgIpc) is 2.88. The van der Waals surface area contributed by atoms with Gasteiger partial charge in [-0.3, -0.25) is 0 Å². The molecule has 2 nitrogen and oxygen atoms in total. The van der Waals surface area contributed by atoms with E-state index in [1.807, 2.05) is 0 Å². The molecule has 0 spiro atoms. The highest BCUT2D eigenvalue weighted by Crippen LogP contribution is 2.24. The van der Waals surface area contributed by atoms with Crippen molar-refractivity contribution in [3.05, 3.63) is 42.7 Å². The van der Waals surface area contributed by atoms with E-state index in [0.29, 0.717) is 6.17 Å². The molecule has 1 aliphatic rings. The second kappa shape index (κ2) is 8.76. The lowest BCUT2D eigenvalue weighted by molar-refractivity contribution is 0.309. The smallest absolute Gasteiger partial charge is 0.102 e. The lowest BCUT2D eigenvalue weighted by atomic mass is 10.1. The second-order valence-electron chi connectivity index (χ2n) is 6.03. The molecule has 0 bridgehead atoms. The van der Waals surface area contributed by atoms with Crippen molar-refractivity contribution in [2.24, 2.45) is 0 Å². The highest BCUT2D eigenvalue weighted by Gasteiger charge is 2.22. The second-order valence-corrected chi connectivity index (χ2v) is 6.03. The predicted molar refractivity (Wildman–Crippen MR) is 92.2 cm³/mol. The van der Waals surface area contributed by atoms with Gasteiger partial charge in [-0.15, -0.1) is 0 Å². The third-order valence-electron chi connectivity index (χ3n) is 4.38. The maximum atomic E-state index is 2.46. The molecule has 0 aliphatic carbocycles. The summed E-state index contributed by atoms with van der Waals surface area (Å²) in [4.78, 5) is 4.81. The maximum absolute atomic E-state index is 2.46. The number of rotatable bonds is 9. The summed E-state index contributed by atoms with van der Waals surface area (Å²) in [5.74, 6) is 0. The molecule has 0 radical (unpaired) electrons. The van der Waals surface area contributed by atoms with E-state index in [1.165, 1.54) is 57.2 Å². The van der Waals surface area contributed by atoms with E-state index in [4.69, 9.17) is 0 Å². The Bertz CT molecular complexity index is 413. The third kappa shape index (κ3) is 4.80. The zero-order valence-electron chi connectivity index (χ0n) is 13.7. The molecule has 21 heavy (non-hydrogen) atoms. The van der Waals surface area contributed by atoms with Crippen LogP contribution in [0.2, 0.25) is 0 Å². The van der Waals surface area contributed by atoms with E-state index in [2.05, 4.69) is 66.4 Å². The van der Waals surface area contributed by atoms with Crippen molar-refractivity contribution in [3.8, 4) is 0 Å². The molecule has 1 unspecified atom stereocenters. The van der Waals surface area contributed by atoms with Crippen molar-refractivity contribution in [3.63, 3.8) is 0 Å². The first-order valence-electron chi connectivity index (χ1n) is 8.60. The maximum Gasteiger partial charge on any atom is 0.102 e. The lowest BCUT2D eigenvalue weighted by Gasteiger charge is -2.29. The van der Waals surface area contributed by atoms with E-state index < -0.39 is 0 Å². The van der Waals surface area contributed by atoms with Crippen LogP contribution in [0.15, 0.2) is 42.7 Å². The fraction of sp³-hybridized carbons (Fsp3) is 0.579. The first kappa shape index (κ1) is 15.9. The van der Waals surface area contributed by atoms with Crippen LogP contribution in [0.5, 0.6) is 0 Å². The number of benzene rings is 1. The Kier molecular flexibility index (Phi) is 6.65. The fourth-order valence-corrected chi connectivity index (χ4v) is 2.98. The van der Waals surface area contributed by atoms with Crippen LogP contribution in [-0.4, -0.2) is 17.6 Å². The molecule has 1 aliphatic heterocycles. The molecule has 0 N–H and O–H groups in total. The van der Waals surface area contributed by atoms with Gasteiger partial charge in [0.2, 0.25) is 0 Å². The minimum absolute atomic E-state index is 0.437. The van der Waals surface area contributed by atoms with Gasteiger partial charge in [-0.25, -0.2) is 0 Å². The number of hydrogen-bond donors (Lipinski definition) is 0. The Morgan fingerprint density at radius 3 is 2.24 bits per heavy atom. The van der Waals surface area contributed by atoms with Crippen LogP contribution in [0.4, 0.5) is 5.69 Å². The van der Waals surface area contributed by atoms with Crippen molar-refractivity contribution >= 4 is 5.69 Å². The Morgan fingerprint density at radius 1 is 0.857 bits per heavy atom. The number of hydrogen-bond acceptors (Lipinski definition) is 2. The zero-order valence-corrected chi connectivity index (χ0v) is 13.7. The van der Waals surface area contributed by atoms with Crippen LogP contribution in [0.25, 0.3) is 0 Å². The number of para-hydroxylation sites is 1. The average molecular weight is 286 g/mol. The van der Waals surface area contributed by atoms with Gasteiger partial charge in [0, 0.05) is 24.6 Å². The van der Waals surface area contributed by atoms with Gasteiger partial charge in [-0.05, 0) is 25.5 Å². The summed E-state index contributed by atoms with van der Waals surface area (Å²) < 4.78 is 0. The van der Waals surface area contributed by atoms with E-state index in [9.17, 15) is 0 Å². The van der Waals surface area contributed by atoms with Crippen molar-refractivity contribution in [2.45, 2.75) is 65.0 Å². The van der Waals surface area contributed by atoms with Crippen LogP contribution in [0, 0.1) is 0 Å². The molecule has 1 heterocycles. The summed E-state index contributed by atoms with van der Waals surface area (Å²) in [7, 11) is 0. The number of nitrogens with zero attached hydrogens (tertiary/aromatic N) is 2. The van der Waals surface area contributed by atoms with Gasteiger partial charge in [0.1, 0.15) is 6.17 Å². The predicted octanol–water partition coefficient (Wildman–Crippen LogP) is 5.38. The Balaban J connectivity index is 1.66. The summed E-state index contributed by atoms with van der Waals surface area (Å²) in [6.45, 7) is 5.74. The highest BCUT2D eigenvalue weighted by atomic mass is 15.4. The van der Waals surface area contributed by atoms with E-state index in [1.54, 1.807) is 0 Å². The van der Waals surface area contributed by atoms with Crippen LogP contribution < -0.4 is 4.90 Å². The normalized spacial score (nSPS) is 17.7. The van der Waals surface area contributed by atoms with Gasteiger partial charge in [0.25, 0.3) is 0 Å². The minimum Gasteiger partial charge on any atom is -0.356 e. The van der Waals surface area contributed by atoms with Gasteiger partial charge >= 0.3 is 0 Å². The quantitative estimate of drug-likeness (QED) is 0.563. The third-order valence-corrected chi connectivity index (χ3v) is 4.38. The van der Waals surface area contributed by atoms with Crippen molar-refractivity contribution in [2.75, 3.05) is 11.4 Å². The van der Waals surface area contributed by atoms with Gasteiger partial charge < -0.3 is 9.80 Å². The van der Waals surface area contributed by atoms with Crippen LogP contribution in [0.1, 0.15) is 58.8 Å². The first-order valence-corrected chi connectivity index (χ1v) is 8.60. The molecular formula is C19H30N2. The van der Waals surface area contributed by atoms with Crippen molar-refractivity contribution < 1.29 is 0 Å². The molecule has 1 atom stereocenters. The monoisotopic (exact) mass is 286 g/mol. The van der Waals surface area contributed by atoms with E-state index >= 15 is 0 Å². The summed E-state index contributed by atoms with van der Waals surface area (Å²) in [6.07, 6.45) is 14.5. The van der Waals surface area contributed by atoms with E-state index in [-0.39, 0.29) is 0 Å². The highest BCUT2D eigenvalue weighted by molar-refractivity contribution is 5.51. The topological polar surface area (TPSA) is 6.48 Å². The van der Waals surface area contributed by atoms with Gasteiger partial charge in [0.15, 0.2) is 0 Å². The molecule has 0 saturated heterocycles. The molecule has 116 valence electrons.